The van der Waals surface area contributed by atoms with Gasteiger partial charge in [-0.25, -0.2) is 0 Å². The molecule has 1 spiro atoms. The van der Waals surface area contributed by atoms with Crippen LogP contribution in [0.4, 0.5) is 0 Å². The molecule has 2 saturated heterocycles. The van der Waals surface area contributed by atoms with Gasteiger partial charge in [-0.05, 0) is 0 Å². The van der Waals surface area contributed by atoms with Gasteiger partial charge in [-0.1, -0.05) is 12.6 Å². The Balaban J connectivity index is 2.01. The van der Waals surface area contributed by atoms with E-state index in [2.05, 4.69) is 12.6 Å². The van der Waals surface area contributed by atoms with Crippen LogP contribution in [0.1, 0.15) is 0 Å². The number of rotatable bonds is 0. The second-order valence-corrected chi connectivity index (χ2v) is 7.98. The van der Waals surface area contributed by atoms with Gasteiger partial charge in [-0.15, -0.1) is 0 Å². The van der Waals surface area contributed by atoms with Crippen molar-refractivity contribution >= 4 is 42.2 Å². The summed E-state index contributed by atoms with van der Waals surface area (Å²) in [5.41, 5.74) is -0.304. The van der Waals surface area contributed by atoms with Crippen LogP contribution in [-0.4, -0.2) is 54.2 Å². The quantitative estimate of drug-likeness (QED) is 0.466. The fraction of sp³-hybridized carbons (Fsp3) is 0.714. The predicted molar refractivity (Wildman–Crippen MR) is 65.8 cm³/mol. The first-order valence-corrected chi connectivity index (χ1v) is 8.21. The summed E-state index contributed by atoms with van der Waals surface area (Å²) in [5, 5.41) is 0. The van der Waals surface area contributed by atoms with Gasteiger partial charge in [0, 0.05) is 0 Å². The van der Waals surface area contributed by atoms with Gasteiger partial charge in [-0.2, -0.15) is 0 Å². The predicted octanol–water partition coefficient (Wildman–Crippen LogP) is 0.793. The maximum absolute atomic E-state index is 5.66. The molecule has 2 fully saturated rings. The molecule has 0 bridgehead atoms. The molecular weight excluding hydrogens is 232 g/mol. The van der Waals surface area contributed by atoms with E-state index in [1.807, 2.05) is 0 Å². The highest BCUT2D eigenvalue weighted by Crippen LogP contribution is 2.54. The summed E-state index contributed by atoms with van der Waals surface area (Å²) in [4.78, 5) is 0. The molecule has 2 aliphatic heterocycles. The summed E-state index contributed by atoms with van der Waals surface area (Å²) in [6.45, 7) is 1.73. The maximum atomic E-state index is 5.66. The monoisotopic (exact) mass is 244 g/mol. The summed E-state index contributed by atoms with van der Waals surface area (Å²) in [6.07, 6.45) is 7.34. The van der Waals surface area contributed by atoms with Crippen molar-refractivity contribution in [2.75, 3.05) is 26.4 Å². The zero-order chi connectivity index (χ0) is 11.2. The van der Waals surface area contributed by atoms with E-state index in [1.54, 1.807) is 0 Å². The van der Waals surface area contributed by atoms with Crippen molar-refractivity contribution in [3.63, 3.8) is 0 Å². The lowest BCUT2D eigenvalue weighted by Crippen LogP contribution is -2.45. The maximum Gasteiger partial charge on any atom is 0.183 e. The summed E-state index contributed by atoms with van der Waals surface area (Å²) >= 11 is 0. The third-order valence-electron chi connectivity index (χ3n) is 2.36. The fourth-order valence-electron chi connectivity index (χ4n) is 1.31. The highest BCUT2D eigenvalue weighted by atomic mass is 31.2. The molecule has 80 valence electrons. The van der Waals surface area contributed by atoms with Gasteiger partial charge in [0.25, 0.3) is 0 Å². The molecule has 0 amide bonds. The van der Waals surface area contributed by atoms with Crippen LogP contribution in [-0.2, 0) is 18.1 Å². The zero-order valence-electron chi connectivity index (χ0n) is 8.42. The Bertz CT molecular complexity index is 297. The molecule has 2 aliphatic rings. The molecule has 4 nitrogen and oxygen atoms in total. The van der Waals surface area contributed by atoms with Gasteiger partial charge in [-0.3, -0.25) is 0 Å². The average molecular weight is 244 g/mol. The normalized spacial score (nSPS) is 51.7. The van der Waals surface area contributed by atoms with E-state index in [9.17, 15) is 0 Å². The van der Waals surface area contributed by atoms with Crippen LogP contribution < -0.4 is 0 Å². The van der Waals surface area contributed by atoms with E-state index >= 15 is 0 Å². The summed E-state index contributed by atoms with van der Waals surface area (Å²) in [6, 6.07) is 0. The number of hydrogen-bond acceptors (Lipinski definition) is 4. The van der Waals surface area contributed by atoms with E-state index in [-0.39, 0.29) is 5.41 Å². The Kier molecular flexibility index (Phi) is 3.05. The van der Waals surface area contributed by atoms with E-state index in [1.165, 1.54) is 0 Å². The molecule has 2 rings (SSSR count). The molecule has 0 N–H and O–H groups in total. The van der Waals surface area contributed by atoms with Crippen LogP contribution in [0.2, 0.25) is 0 Å². The zero-order valence-corrected chi connectivity index (χ0v) is 10.2. The highest BCUT2D eigenvalue weighted by Gasteiger charge is 2.42. The SMILES string of the molecule is [B]P1(=C)OCC2(CO1)COP([B])(=C)OC2. The van der Waals surface area contributed by atoms with Crippen molar-refractivity contribution in [2.45, 2.75) is 0 Å². The minimum absolute atomic E-state index is 0.304. The van der Waals surface area contributed by atoms with Gasteiger partial charge < -0.3 is 18.1 Å². The largest absolute Gasteiger partial charge is 0.346 e. The molecule has 8 heteroatoms. The minimum atomic E-state index is -2.36. The van der Waals surface area contributed by atoms with Crippen LogP contribution in [0, 0.1) is 5.41 Å². The van der Waals surface area contributed by atoms with Crippen molar-refractivity contribution in [2.24, 2.45) is 5.41 Å². The van der Waals surface area contributed by atoms with E-state index in [0.29, 0.717) is 26.4 Å². The Morgan fingerprint density at radius 3 is 1.33 bits per heavy atom. The molecule has 0 atom stereocenters. The molecule has 0 aromatic heterocycles. The first-order valence-electron chi connectivity index (χ1n) is 4.45. The lowest BCUT2D eigenvalue weighted by atomic mass is 9.93. The molecule has 2 heterocycles. The number of hydrogen-bond donors (Lipinski definition) is 0. The lowest BCUT2D eigenvalue weighted by molar-refractivity contribution is -0.0498. The fourth-order valence-corrected chi connectivity index (χ4v) is 3.43. The smallest absolute Gasteiger partial charge is 0.183 e. The second-order valence-electron chi connectivity index (χ2n) is 4.05. The minimum Gasteiger partial charge on any atom is -0.346 e. The summed E-state index contributed by atoms with van der Waals surface area (Å²) in [5.74, 6) is 0. The van der Waals surface area contributed by atoms with E-state index in [0.717, 1.165) is 0 Å². The van der Waals surface area contributed by atoms with Crippen molar-refractivity contribution < 1.29 is 18.1 Å². The summed E-state index contributed by atoms with van der Waals surface area (Å²) < 4.78 is 21.5. The van der Waals surface area contributed by atoms with Gasteiger partial charge in [0.05, 0.1) is 46.3 Å². The highest BCUT2D eigenvalue weighted by molar-refractivity contribution is 7.88. The van der Waals surface area contributed by atoms with Gasteiger partial charge >= 0.3 is 0 Å². The first kappa shape index (κ1) is 12.0. The third kappa shape index (κ3) is 2.82. The van der Waals surface area contributed by atoms with Crippen molar-refractivity contribution in [3.8, 4) is 0 Å². The molecule has 0 aromatic rings. The van der Waals surface area contributed by atoms with Gasteiger partial charge in [0.15, 0.2) is 15.1 Å². The van der Waals surface area contributed by atoms with E-state index < -0.39 is 14.4 Å². The lowest BCUT2D eigenvalue weighted by Gasteiger charge is -2.45. The average Bonchev–Trinajstić information content (AvgIpc) is 2.15. The van der Waals surface area contributed by atoms with Crippen LogP contribution >= 0.6 is 14.4 Å². The Hall–Kier alpha value is 0.570. The molecule has 4 radical (unpaired) electrons. The summed E-state index contributed by atoms with van der Waals surface area (Å²) in [7, 11) is 6.61. The first-order chi connectivity index (χ1) is 6.83. The van der Waals surface area contributed by atoms with Crippen molar-refractivity contribution in [1.82, 2.24) is 0 Å². The van der Waals surface area contributed by atoms with Crippen LogP contribution in [0.25, 0.3) is 0 Å². The molecule has 0 unspecified atom stereocenters. The molecule has 0 aliphatic carbocycles. The third-order valence-corrected chi connectivity index (χ3v) is 4.62. The van der Waals surface area contributed by atoms with Crippen molar-refractivity contribution in [3.05, 3.63) is 0 Å². The Labute approximate surface area is 92.6 Å². The second kappa shape index (κ2) is 3.80. The molecule has 0 aromatic carbocycles. The van der Waals surface area contributed by atoms with Gasteiger partial charge in [0.2, 0.25) is 0 Å². The van der Waals surface area contributed by atoms with Crippen molar-refractivity contribution in [1.29, 1.82) is 0 Å². The molecular formula is C7H12B2O4P2. The van der Waals surface area contributed by atoms with Crippen LogP contribution in [0.3, 0.4) is 0 Å². The van der Waals surface area contributed by atoms with Crippen LogP contribution in [0.15, 0.2) is 0 Å². The van der Waals surface area contributed by atoms with Gasteiger partial charge in [0.1, 0.15) is 0 Å². The topological polar surface area (TPSA) is 36.9 Å². The van der Waals surface area contributed by atoms with E-state index in [4.69, 9.17) is 33.2 Å². The van der Waals surface area contributed by atoms with Crippen LogP contribution in [0.5, 0.6) is 0 Å². The Morgan fingerprint density at radius 2 is 1.07 bits per heavy atom. The molecule has 0 saturated carbocycles. The standard InChI is InChI=1S/C7H12B2O4P2/c1-14(8)10-3-7(4-11-14)5-12-15(2,9)13-6-7/h1-6H2. The molecule has 15 heavy (non-hydrogen) atoms. The Morgan fingerprint density at radius 1 is 0.800 bits per heavy atom.